The van der Waals surface area contributed by atoms with E-state index in [1.165, 1.54) is 0 Å². The second-order valence-electron chi connectivity index (χ2n) is 4.48. The van der Waals surface area contributed by atoms with Crippen LogP contribution in [0.1, 0.15) is 32.6 Å². The molecule has 2 unspecified atom stereocenters. The first-order valence-corrected chi connectivity index (χ1v) is 5.88. The molecule has 2 atom stereocenters. The summed E-state index contributed by atoms with van der Waals surface area (Å²) in [4.78, 5) is 35.1. The maximum Gasteiger partial charge on any atom is 1.00 e. The first kappa shape index (κ1) is 15.4. The number of nitrogens with zero attached hydrogens (tertiary/aromatic N) is 1. The average molecular weight is 258 g/mol. The van der Waals surface area contributed by atoms with E-state index in [0.717, 1.165) is 12.8 Å². The van der Waals surface area contributed by atoms with E-state index in [1.54, 1.807) is 6.92 Å². The predicted octanol–water partition coefficient (Wildman–Crippen LogP) is -1.11. The van der Waals surface area contributed by atoms with Gasteiger partial charge >= 0.3 is 29.6 Å². The molecule has 0 radical (unpaired) electrons. The number of hydrogen-bond donors (Lipinski definition) is 1. The van der Waals surface area contributed by atoms with Crippen LogP contribution >= 0.6 is 0 Å². The van der Waals surface area contributed by atoms with Gasteiger partial charge in [0.25, 0.3) is 0 Å². The molecule has 2 rings (SSSR count). The molecule has 1 heterocycles. The quantitative estimate of drug-likeness (QED) is 0.388. The molecular formula is C12H15N2NaO3. The van der Waals surface area contributed by atoms with Crippen LogP contribution in [0.5, 0.6) is 0 Å². The van der Waals surface area contributed by atoms with Gasteiger partial charge in [0.05, 0.1) is 5.41 Å². The average Bonchev–Trinajstić information content (AvgIpc) is 2.30. The van der Waals surface area contributed by atoms with Gasteiger partial charge < -0.3 is 10.6 Å². The van der Waals surface area contributed by atoms with E-state index in [0.29, 0.717) is 12.8 Å². The normalized spacial score (nSPS) is 31.4. The Morgan fingerprint density at radius 3 is 2.61 bits per heavy atom. The molecule has 0 aromatic heterocycles. The van der Waals surface area contributed by atoms with Crippen LogP contribution in [0.3, 0.4) is 0 Å². The molecule has 6 heteroatoms. The van der Waals surface area contributed by atoms with Crippen molar-refractivity contribution in [2.45, 2.75) is 32.6 Å². The fourth-order valence-electron chi connectivity index (χ4n) is 2.73. The third-order valence-corrected chi connectivity index (χ3v) is 3.73. The smallest absolute Gasteiger partial charge is 0.394 e. The number of barbiturate groups is 1. The molecule has 1 aliphatic heterocycles. The first-order chi connectivity index (χ1) is 8.11. The number of allylic oxidation sites excluding steroid dienone is 2. The molecule has 0 saturated carbocycles. The maximum absolute atomic E-state index is 12.0. The van der Waals surface area contributed by atoms with E-state index >= 15 is 0 Å². The van der Waals surface area contributed by atoms with Crippen LogP contribution in [0.4, 0.5) is 4.79 Å². The summed E-state index contributed by atoms with van der Waals surface area (Å²) in [6, 6.07) is -0.838. The van der Waals surface area contributed by atoms with Crippen LogP contribution < -0.4 is 34.9 Å². The van der Waals surface area contributed by atoms with Crippen molar-refractivity contribution < 1.29 is 43.9 Å². The van der Waals surface area contributed by atoms with Gasteiger partial charge in [-0.2, -0.15) is 0 Å². The van der Waals surface area contributed by atoms with Gasteiger partial charge in [0.2, 0.25) is 0 Å². The third-order valence-electron chi connectivity index (χ3n) is 3.73. The Balaban J connectivity index is 0.00000162. The predicted molar refractivity (Wildman–Crippen MR) is 61.1 cm³/mol. The van der Waals surface area contributed by atoms with E-state index in [-0.39, 0.29) is 35.5 Å². The van der Waals surface area contributed by atoms with Crippen molar-refractivity contribution in [3.8, 4) is 0 Å². The van der Waals surface area contributed by atoms with E-state index in [2.05, 4.69) is 10.6 Å². The van der Waals surface area contributed by atoms with E-state index < -0.39 is 23.3 Å². The summed E-state index contributed by atoms with van der Waals surface area (Å²) >= 11 is 0. The minimum Gasteiger partial charge on any atom is -0.394 e. The fraction of sp³-hybridized carbons (Fsp3) is 0.583. The van der Waals surface area contributed by atoms with E-state index in [9.17, 15) is 14.4 Å². The molecule has 0 aromatic rings. The molecule has 0 spiro atoms. The number of carbonyl (C=O) groups is 3. The van der Waals surface area contributed by atoms with Crippen LogP contribution in [0.2, 0.25) is 0 Å². The minimum atomic E-state index is -1.14. The molecule has 0 bridgehead atoms. The van der Waals surface area contributed by atoms with Gasteiger partial charge in [0, 0.05) is 0 Å². The van der Waals surface area contributed by atoms with E-state index in [4.69, 9.17) is 0 Å². The Hall–Kier alpha value is -0.650. The molecule has 18 heavy (non-hydrogen) atoms. The summed E-state index contributed by atoms with van der Waals surface area (Å²) in [5.41, 5.74) is -1.14. The Morgan fingerprint density at radius 2 is 2.11 bits per heavy atom. The molecular weight excluding hydrogens is 243 g/mol. The Kier molecular flexibility index (Phi) is 5.13. The number of carbonyl (C=O) groups excluding carboxylic acids is 3. The molecule has 1 fully saturated rings. The minimum absolute atomic E-state index is 0. The van der Waals surface area contributed by atoms with Crippen molar-refractivity contribution in [2.24, 2.45) is 11.3 Å². The van der Waals surface area contributed by atoms with Crippen molar-refractivity contribution in [1.29, 1.82) is 0 Å². The zero-order valence-corrected chi connectivity index (χ0v) is 12.7. The van der Waals surface area contributed by atoms with Gasteiger partial charge in [0.1, 0.15) is 0 Å². The van der Waals surface area contributed by atoms with Crippen molar-refractivity contribution >= 4 is 17.8 Å². The zero-order chi connectivity index (χ0) is 12.5. The monoisotopic (exact) mass is 258 g/mol. The second kappa shape index (κ2) is 5.99. The van der Waals surface area contributed by atoms with Crippen LogP contribution in [-0.4, -0.2) is 17.8 Å². The number of nitrogens with one attached hydrogen (secondary N) is 1. The molecule has 4 amide bonds. The number of imide groups is 2. The van der Waals surface area contributed by atoms with Gasteiger partial charge in [0.15, 0.2) is 17.8 Å². The van der Waals surface area contributed by atoms with Crippen molar-refractivity contribution in [2.75, 3.05) is 0 Å². The standard InChI is InChI=1S/C12H16N2O3.Na/c1-2-12(8-6-4-3-5-7-8)9(15)13-11(17)14-10(12)16;/h3-4,8H,2,5-7H2,1H3,(H2,13,14,15,16,17);/q;+1/p-1. The summed E-state index contributed by atoms with van der Waals surface area (Å²) in [6.07, 6.45) is 6.76. The number of rotatable bonds is 2. The van der Waals surface area contributed by atoms with E-state index in [1.807, 2.05) is 12.2 Å². The maximum atomic E-state index is 12.0. The molecule has 5 nitrogen and oxygen atoms in total. The SMILES string of the molecule is CCC1(C2CC=CCC2)C(=O)[N-]C(=O)NC1=O.[Na+]. The van der Waals surface area contributed by atoms with Gasteiger partial charge in [-0.15, -0.1) is 0 Å². The summed E-state index contributed by atoms with van der Waals surface area (Å²) in [6.45, 7) is 1.79. The van der Waals surface area contributed by atoms with Gasteiger partial charge in [-0.25, -0.2) is 0 Å². The van der Waals surface area contributed by atoms with Crippen molar-refractivity contribution in [1.82, 2.24) is 5.32 Å². The Bertz CT molecular complexity index is 386. The molecule has 2 aliphatic rings. The molecule has 0 aromatic carbocycles. The van der Waals surface area contributed by atoms with Crippen LogP contribution in [0.15, 0.2) is 12.2 Å². The number of amides is 4. The summed E-state index contributed by atoms with van der Waals surface area (Å²) < 4.78 is 0. The summed E-state index contributed by atoms with van der Waals surface area (Å²) in [5, 5.41) is 5.56. The summed E-state index contributed by atoms with van der Waals surface area (Å²) in [5.74, 6) is -1.11. The summed E-state index contributed by atoms with van der Waals surface area (Å²) in [7, 11) is 0. The molecule has 1 saturated heterocycles. The Morgan fingerprint density at radius 1 is 1.39 bits per heavy atom. The molecule has 92 valence electrons. The molecule has 1 N–H and O–H groups in total. The van der Waals surface area contributed by atoms with Crippen LogP contribution in [0.25, 0.3) is 5.32 Å². The first-order valence-electron chi connectivity index (χ1n) is 5.88. The number of hydrogen-bond acceptors (Lipinski definition) is 3. The van der Waals surface area contributed by atoms with Gasteiger partial charge in [-0.05, 0) is 31.6 Å². The largest absolute Gasteiger partial charge is 1.00 e. The number of urea groups is 1. The Labute approximate surface area is 128 Å². The van der Waals surface area contributed by atoms with Crippen LogP contribution in [0, 0.1) is 11.3 Å². The molecule has 1 aliphatic carbocycles. The van der Waals surface area contributed by atoms with Gasteiger partial charge in [-0.3, -0.25) is 14.4 Å². The fourth-order valence-corrected chi connectivity index (χ4v) is 2.73. The van der Waals surface area contributed by atoms with Crippen molar-refractivity contribution in [3.05, 3.63) is 17.5 Å². The topological polar surface area (TPSA) is 77.3 Å². The second-order valence-corrected chi connectivity index (χ2v) is 4.48. The zero-order valence-electron chi connectivity index (χ0n) is 10.7. The van der Waals surface area contributed by atoms with Crippen LogP contribution in [-0.2, 0) is 9.59 Å². The van der Waals surface area contributed by atoms with Gasteiger partial charge in [-0.1, -0.05) is 19.1 Å². The third kappa shape index (κ3) is 2.39. The van der Waals surface area contributed by atoms with Crippen molar-refractivity contribution in [3.63, 3.8) is 0 Å².